The first kappa shape index (κ1) is 11.4. The van der Waals surface area contributed by atoms with Crippen LogP contribution in [0.4, 0.5) is 0 Å². The van der Waals surface area contributed by atoms with Crippen molar-refractivity contribution in [3.63, 3.8) is 0 Å². The Morgan fingerprint density at radius 1 is 1.07 bits per heavy atom. The zero-order valence-corrected chi connectivity index (χ0v) is 10.0. The molecule has 0 aliphatic rings. The second-order valence-electron chi connectivity index (χ2n) is 3.69. The minimum Gasteiger partial charge on any atom is -0.183 e. The van der Waals surface area contributed by atoms with Crippen LogP contribution in [-0.4, -0.2) is 0 Å². The molecule has 0 aromatic heterocycles. The summed E-state index contributed by atoms with van der Waals surface area (Å²) < 4.78 is 0. The van der Waals surface area contributed by atoms with E-state index in [4.69, 9.17) is 0 Å². The quantitative estimate of drug-likeness (QED) is 0.547. The van der Waals surface area contributed by atoms with E-state index in [1.165, 1.54) is 16.3 Å². The molecule has 0 fully saturated rings. The van der Waals surface area contributed by atoms with Crippen molar-refractivity contribution >= 4 is 10.8 Å². The van der Waals surface area contributed by atoms with E-state index in [9.17, 15) is 0 Å². The van der Waals surface area contributed by atoms with Crippen LogP contribution in [-0.2, 0) is 19.5 Å². The summed E-state index contributed by atoms with van der Waals surface area (Å²) in [6.07, 6.45) is 0. The Bertz CT molecular complexity index is 418. The van der Waals surface area contributed by atoms with Crippen LogP contribution in [0.1, 0.15) is 25.3 Å². The second-order valence-corrected chi connectivity index (χ2v) is 3.69. The number of hydrogen-bond donors (Lipinski definition) is 0. The molecular formula is C13H13Rh-. The van der Waals surface area contributed by atoms with Crippen LogP contribution >= 0.6 is 0 Å². The first-order chi connectivity index (χ1) is 6.27. The summed E-state index contributed by atoms with van der Waals surface area (Å²) >= 11 is 0. The van der Waals surface area contributed by atoms with Gasteiger partial charge >= 0.3 is 0 Å². The molecule has 0 amide bonds. The molecule has 0 aliphatic heterocycles. The molecule has 1 radical (unpaired) electrons. The van der Waals surface area contributed by atoms with Crippen LogP contribution < -0.4 is 0 Å². The van der Waals surface area contributed by atoms with Gasteiger partial charge in [0.05, 0.1) is 0 Å². The van der Waals surface area contributed by atoms with E-state index in [1.807, 2.05) is 12.1 Å². The fourth-order valence-corrected chi connectivity index (χ4v) is 1.50. The van der Waals surface area contributed by atoms with Gasteiger partial charge in [-0.05, 0) is 11.5 Å². The number of fused-ring (bicyclic) bond motifs is 1. The van der Waals surface area contributed by atoms with Gasteiger partial charge in [-0.2, -0.15) is 24.3 Å². The third kappa shape index (κ3) is 2.22. The Morgan fingerprint density at radius 2 is 1.86 bits per heavy atom. The van der Waals surface area contributed by atoms with E-state index in [0.717, 1.165) is 0 Å². The Morgan fingerprint density at radius 3 is 2.57 bits per heavy atom. The SMILES string of the molecule is CC(C)c1ccc2c[c-]ccc2c1.[Rh]. The molecule has 2 aromatic carbocycles. The van der Waals surface area contributed by atoms with Gasteiger partial charge < -0.3 is 0 Å². The molecule has 0 N–H and O–H groups in total. The van der Waals surface area contributed by atoms with Crippen LogP contribution in [0.2, 0.25) is 0 Å². The summed E-state index contributed by atoms with van der Waals surface area (Å²) in [7, 11) is 0. The predicted octanol–water partition coefficient (Wildman–Crippen LogP) is 3.76. The molecule has 0 bridgehead atoms. The van der Waals surface area contributed by atoms with Crippen LogP contribution in [0.5, 0.6) is 0 Å². The maximum absolute atomic E-state index is 3.08. The first-order valence-electron chi connectivity index (χ1n) is 4.67. The molecule has 0 nitrogen and oxygen atoms in total. The number of rotatable bonds is 1. The third-order valence-corrected chi connectivity index (χ3v) is 2.38. The van der Waals surface area contributed by atoms with Crippen LogP contribution in [0.3, 0.4) is 0 Å². The largest absolute Gasteiger partial charge is 0.183 e. The van der Waals surface area contributed by atoms with Gasteiger partial charge in [-0.1, -0.05) is 26.0 Å². The summed E-state index contributed by atoms with van der Waals surface area (Å²) in [5.41, 5.74) is 1.40. The summed E-state index contributed by atoms with van der Waals surface area (Å²) in [6.45, 7) is 4.44. The zero-order chi connectivity index (χ0) is 9.26. The van der Waals surface area contributed by atoms with Crippen molar-refractivity contribution in [1.82, 2.24) is 0 Å². The van der Waals surface area contributed by atoms with Crippen molar-refractivity contribution < 1.29 is 19.5 Å². The van der Waals surface area contributed by atoms with Gasteiger partial charge in [0, 0.05) is 19.5 Å². The molecule has 14 heavy (non-hydrogen) atoms. The summed E-state index contributed by atoms with van der Waals surface area (Å²) in [5, 5.41) is 2.58. The average Bonchev–Trinajstić information content (AvgIpc) is 2.17. The minimum atomic E-state index is 0. The molecule has 0 saturated carbocycles. The monoisotopic (exact) mass is 272 g/mol. The van der Waals surface area contributed by atoms with Crippen molar-refractivity contribution in [1.29, 1.82) is 0 Å². The second kappa shape index (κ2) is 4.71. The summed E-state index contributed by atoms with van der Waals surface area (Å²) in [4.78, 5) is 0. The number of benzene rings is 2. The van der Waals surface area contributed by atoms with Crippen LogP contribution in [0.25, 0.3) is 10.8 Å². The Balaban J connectivity index is 0.000000980. The summed E-state index contributed by atoms with van der Waals surface area (Å²) in [6, 6.07) is 15.8. The maximum Gasteiger partial charge on any atom is 0 e. The molecule has 75 valence electrons. The van der Waals surface area contributed by atoms with Crippen molar-refractivity contribution in [2.45, 2.75) is 19.8 Å². The predicted molar refractivity (Wildman–Crippen MR) is 56.9 cm³/mol. The van der Waals surface area contributed by atoms with Crippen molar-refractivity contribution in [3.8, 4) is 0 Å². The Hall–Kier alpha value is -0.677. The van der Waals surface area contributed by atoms with E-state index in [2.05, 4.69) is 44.2 Å². The molecule has 0 spiro atoms. The van der Waals surface area contributed by atoms with E-state index >= 15 is 0 Å². The molecule has 0 heterocycles. The molecular weight excluding hydrogens is 259 g/mol. The maximum atomic E-state index is 3.08. The summed E-state index contributed by atoms with van der Waals surface area (Å²) in [5.74, 6) is 0.605. The minimum absolute atomic E-state index is 0. The van der Waals surface area contributed by atoms with Gasteiger partial charge in [0.1, 0.15) is 0 Å². The standard InChI is InChI=1S/C13H13.Rh/c1-10(2)12-8-7-11-5-3-4-6-13(11)9-12;/h4-10H,1-2H3;/q-1;. The van der Waals surface area contributed by atoms with E-state index < -0.39 is 0 Å². The molecule has 0 aliphatic carbocycles. The molecule has 2 rings (SSSR count). The normalized spacial score (nSPS) is 10.2. The first-order valence-corrected chi connectivity index (χ1v) is 4.67. The van der Waals surface area contributed by atoms with Crippen molar-refractivity contribution in [2.75, 3.05) is 0 Å². The van der Waals surface area contributed by atoms with Gasteiger partial charge in [-0.3, -0.25) is 0 Å². The van der Waals surface area contributed by atoms with Gasteiger partial charge in [-0.25, -0.2) is 0 Å². The fraction of sp³-hybridized carbons (Fsp3) is 0.231. The van der Waals surface area contributed by atoms with Crippen LogP contribution in [0, 0.1) is 6.07 Å². The third-order valence-electron chi connectivity index (χ3n) is 2.38. The van der Waals surface area contributed by atoms with Gasteiger partial charge in [-0.15, -0.1) is 16.8 Å². The van der Waals surface area contributed by atoms with Crippen molar-refractivity contribution in [3.05, 3.63) is 48.0 Å². The molecule has 0 saturated heterocycles. The van der Waals surface area contributed by atoms with Gasteiger partial charge in [0.2, 0.25) is 0 Å². The smallest absolute Gasteiger partial charge is 0 e. The van der Waals surface area contributed by atoms with E-state index in [0.29, 0.717) is 5.92 Å². The zero-order valence-electron chi connectivity index (χ0n) is 8.37. The van der Waals surface area contributed by atoms with E-state index in [1.54, 1.807) is 0 Å². The molecule has 0 atom stereocenters. The Kier molecular flexibility index (Phi) is 3.83. The van der Waals surface area contributed by atoms with Gasteiger partial charge in [0.25, 0.3) is 0 Å². The van der Waals surface area contributed by atoms with Crippen LogP contribution in [0.15, 0.2) is 36.4 Å². The molecule has 2 aromatic rings. The fourth-order valence-electron chi connectivity index (χ4n) is 1.50. The van der Waals surface area contributed by atoms with E-state index in [-0.39, 0.29) is 19.5 Å². The Labute approximate surface area is 98.1 Å². The topological polar surface area (TPSA) is 0 Å². The number of hydrogen-bond acceptors (Lipinski definition) is 0. The van der Waals surface area contributed by atoms with Crippen molar-refractivity contribution in [2.24, 2.45) is 0 Å². The molecule has 0 unspecified atom stereocenters. The molecule has 1 heteroatoms. The average molecular weight is 272 g/mol. The van der Waals surface area contributed by atoms with Gasteiger partial charge in [0.15, 0.2) is 0 Å².